The quantitative estimate of drug-likeness (QED) is 0.443. The maximum absolute atomic E-state index is 5.62. The lowest BCUT2D eigenvalue weighted by atomic mass is 10.1. The fourth-order valence-electron chi connectivity index (χ4n) is 4.50. The number of hydrogen-bond donors (Lipinski definition) is 0. The van der Waals surface area contributed by atoms with Gasteiger partial charge in [-0.3, -0.25) is 9.80 Å². The molecule has 0 radical (unpaired) electrons. The van der Waals surface area contributed by atoms with E-state index in [9.17, 15) is 0 Å². The minimum atomic E-state index is 0.667. The number of benzene rings is 2. The number of para-hydroxylation sites is 1. The smallest absolute Gasteiger partial charge is 0.170 e. The molecule has 0 unspecified atom stereocenters. The van der Waals surface area contributed by atoms with E-state index < -0.39 is 0 Å². The van der Waals surface area contributed by atoms with E-state index in [0.29, 0.717) is 11.5 Å². The molecule has 34 heavy (non-hydrogen) atoms. The summed E-state index contributed by atoms with van der Waals surface area (Å²) in [5.74, 6) is 2.19. The van der Waals surface area contributed by atoms with Crippen LogP contribution in [0.2, 0.25) is 0 Å². The van der Waals surface area contributed by atoms with Crippen LogP contribution in [0.1, 0.15) is 17.7 Å². The average molecular weight is 465 g/mol. The molecule has 0 aliphatic carbocycles. The highest BCUT2D eigenvalue weighted by Crippen LogP contribution is 2.37. The number of rotatable bonds is 10. The van der Waals surface area contributed by atoms with Crippen molar-refractivity contribution in [1.29, 1.82) is 0 Å². The lowest BCUT2D eigenvalue weighted by Gasteiger charge is -2.36. The molecule has 0 spiro atoms. The third-order valence-electron chi connectivity index (χ3n) is 6.45. The minimum Gasteiger partial charge on any atom is -0.493 e. The fraction of sp³-hybridized carbons (Fsp3) is 0.444. The summed E-state index contributed by atoms with van der Waals surface area (Å²) >= 11 is 0. The first kappa shape index (κ1) is 24.1. The van der Waals surface area contributed by atoms with Crippen LogP contribution >= 0.6 is 0 Å². The van der Waals surface area contributed by atoms with Crippen LogP contribution in [0.3, 0.4) is 0 Å². The van der Waals surface area contributed by atoms with Crippen LogP contribution in [0.5, 0.6) is 11.5 Å². The van der Waals surface area contributed by atoms with E-state index in [2.05, 4.69) is 58.1 Å². The molecular weight excluding hydrogens is 428 g/mol. The van der Waals surface area contributed by atoms with Crippen LogP contribution in [0.15, 0.2) is 53.1 Å². The largest absolute Gasteiger partial charge is 0.493 e. The number of hydrogen-bond acceptors (Lipinski definition) is 7. The summed E-state index contributed by atoms with van der Waals surface area (Å²) in [6, 6.07) is 16.6. The lowest BCUT2D eigenvalue weighted by molar-refractivity contribution is 0.223. The Balaban J connectivity index is 1.22. The number of anilines is 1. The van der Waals surface area contributed by atoms with Gasteiger partial charge in [-0.25, -0.2) is 0 Å². The summed E-state index contributed by atoms with van der Waals surface area (Å²) in [5.41, 5.74) is 4.27. The molecule has 1 fully saturated rings. The van der Waals surface area contributed by atoms with Gasteiger partial charge in [0.05, 0.1) is 20.8 Å². The van der Waals surface area contributed by atoms with Gasteiger partial charge in [-0.1, -0.05) is 28.9 Å². The van der Waals surface area contributed by atoms with Crippen LogP contribution in [0.4, 0.5) is 5.69 Å². The Morgan fingerprint density at radius 2 is 1.76 bits per heavy atom. The number of aromatic nitrogens is 1. The molecule has 1 aromatic heterocycles. The van der Waals surface area contributed by atoms with Gasteiger partial charge in [-0.05, 0) is 57.7 Å². The molecule has 0 amide bonds. The van der Waals surface area contributed by atoms with Crippen molar-refractivity contribution in [1.82, 2.24) is 15.0 Å². The van der Waals surface area contributed by atoms with Crippen molar-refractivity contribution >= 4 is 5.69 Å². The van der Waals surface area contributed by atoms with Gasteiger partial charge in [0, 0.05) is 43.5 Å². The van der Waals surface area contributed by atoms with E-state index in [-0.39, 0.29) is 0 Å². The predicted octanol–water partition coefficient (Wildman–Crippen LogP) is 4.31. The SMILES string of the molecule is COc1cccc(-c2cc(CN(C)CCCN3CCN(c4ccc(C)cc4)CC3)on2)c1OC. The predicted molar refractivity (Wildman–Crippen MR) is 136 cm³/mol. The van der Waals surface area contributed by atoms with E-state index in [1.165, 1.54) is 11.3 Å². The van der Waals surface area contributed by atoms with Gasteiger partial charge in [0.25, 0.3) is 0 Å². The highest BCUT2D eigenvalue weighted by molar-refractivity contribution is 5.71. The Labute approximate surface area is 202 Å². The van der Waals surface area contributed by atoms with Crippen LogP contribution in [0.25, 0.3) is 11.3 Å². The Morgan fingerprint density at radius 3 is 2.47 bits per heavy atom. The molecule has 7 heteroatoms. The topological polar surface area (TPSA) is 54.2 Å². The summed E-state index contributed by atoms with van der Waals surface area (Å²) in [5, 5.41) is 4.26. The average Bonchev–Trinajstić information content (AvgIpc) is 3.32. The van der Waals surface area contributed by atoms with Crippen molar-refractivity contribution in [2.45, 2.75) is 19.9 Å². The number of methoxy groups -OCH3 is 2. The Kier molecular flexibility index (Phi) is 8.08. The molecule has 1 aliphatic rings. The first-order chi connectivity index (χ1) is 16.6. The van der Waals surface area contributed by atoms with Crippen LogP contribution in [-0.4, -0.2) is 75.5 Å². The molecule has 0 saturated carbocycles. The molecule has 7 nitrogen and oxygen atoms in total. The van der Waals surface area contributed by atoms with Crippen molar-refractivity contribution in [2.24, 2.45) is 0 Å². The van der Waals surface area contributed by atoms with Gasteiger partial charge in [-0.2, -0.15) is 0 Å². The van der Waals surface area contributed by atoms with Crippen LogP contribution < -0.4 is 14.4 Å². The molecule has 0 bridgehead atoms. The number of ether oxygens (including phenoxy) is 2. The summed E-state index contributed by atoms with van der Waals surface area (Å²) in [6.45, 7) is 9.40. The third-order valence-corrected chi connectivity index (χ3v) is 6.45. The summed E-state index contributed by atoms with van der Waals surface area (Å²) in [4.78, 5) is 7.34. The second-order valence-corrected chi connectivity index (χ2v) is 8.98. The monoisotopic (exact) mass is 464 g/mol. The molecule has 2 aromatic carbocycles. The Morgan fingerprint density at radius 1 is 1.00 bits per heavy atom. The second-order valence-electron chi connectivity index (χ2n) is 8.98. The third kappa shape index (κ3) is 5.90. The zero-order valence-electron chi connectivity index (χ0n) is 20.8. The summed E-state index contributed by atoms with van der Waals surface area (Å²) < 4.78 is 16.5. The highest BCUT2D eigenvalue weighted by Gasteiger charge is 2.18. The van der Waals surface area contributed by atoms with Gasteiger partial charge in [-0.15, -0.1) is 0 Å². The minimum absolute atomic E-state index is 0.667. The first-order valence-electron chi connectivity index (χ1n) is 12.0. The number of aryl methyl sites for hydroxylation is 1. The molecule has 182 valence electrons. The maximum atomic E-state index is 5.62. The van der Waals surface area contributed by atoms with Crippen molar-refractivity contribution < 1.29 is 14.0 Å². The molecule has 1 aliphatic heterocycles. The molecule has 1 saturated heterocycles. The van der Waals surface area contributed by atoms with Gasteiger partial charge >= 0.3 is 0 Å². The zero-order valence-corrected chi connectivity index (χ0v) is 20.8. The van der Waals surface area contributed by atoms with Crippen molar-refractivity contribution in [3.63, 3.8) is 0 Å². The normalized spacial score (nSPS) is 14.6. The van der Waals surface area contributed by atoms with Crippen molar-refractivity contribution in [3.05, 3.63) is 59.9 Å². The van der Waals surface area contributed by atoms with Crippen LogP contribution in [-0.2, 0) is 6.54 Å². The first-order valence-corrected chi connectivity index (χ1v) is 12.0. The lowest BCUT2D eigenvalue weighted by Crippen LogP contribution is -2.47. The van der Waals surface area contributed by atoms with Gasteiger partial charge in [0.1, 0.15) is 5.69 Å². The van der Waals surface area contributed by atoms with E-state index in [1.54, 1.807) is 14.2 Å². The molecule has 0 atom stereocenters. The fourth-order valence-corrected chi connectivity index (χ4v) is 4.50. The highest BCUT2D eigenvalue weighted by atomic mass is 16.5. The van der Waals surface area contributed by atoms with Gasteiger partial charge in [0.2, 0.25) is 0 Å². The molecule has 0 N–H and O–H groups in total. The van der Waals surface area contributed by atoms with E-state index in [4.69, 9.17) is 14.0 Å². The van der Waals surface area contributed by atoms with Crippen LogP contribution in [0, 0.1) is 6.92 Å². The van der Waals surface area contributed by atoms with E-state index in [0.717, 1.165) is 69.3 Å². The zero-order chi connectivity index (χ0) is 23.9. The Hall–Kier alpha value is -3.03. The standard InChI is InChI=1S/C27H36N4O3/c1-21-9-11-22(12-10-21)31-17-15-30(16-18-31)14-6-13-29(2)20-23-19-25(28-34-23)24-7-5-8-26(32-3)27(24)33-4/h5,7-12,19H,6,13-18,20H2,1-4H3. The maximum Gasteiger partial charge on any atom is 0.170 e. The summed E-state index contributed by atoms with van der Waals surface area (Å²) in [6.07, 6.45) is 1.13. The van der Waals surface area contributed by atoms with Gasteiger partial charge in [0.15, 0.2) is 17.3 Å². The number of nitrogens with zero attached hydrogens (tertiary/aromatic N) is 4. The molecule has 2 heterocycles. The summed E-state index contributed by atoms with van der Waals surface area (Å²) in [7, 11) is 5.40. The number of piperazine rings is 1. The van der Waals surface area contributed by atoms with Gasteiger partial charge < -0.3 is 18.9 Å². The Bertz CT molecular complexity index is 1040. The van der Waals surface area contributed by atoms with Crippen molar-refractivity contribution in [2.75, 3.05) is 65.4 Å². The molecule has 3 aromatic rings. The second kappa shape index (κ2) is 11.4. The van der Waals surface area contributed by atoms with E-state index in [1.807, 2.05) is 24.3 Å². The molecule has 4 rings (SSSR count). The molecular formula is C27H36N4O3. The van der Waals surface area contributed by atoms with E-state index >= 15 is 0 Å². The van der Waals surface area contributed by atoms with Crippen molar-refractivity contribution in [3.8, 4) is 22.8 Å².